The van der Waals surface area contributed by atoms with Crippen molar-refractivity contribution in [2.75, 3.05) is 26.3 Å². The van der Waals surface area contributed by atoms with Gasteiger partial charge in [0.05, 0.1) is 23.8 Å². The van der Waals surface area contributed by atoms with Crippen LogP contribution < -0.4 is 0 Å². The van der Waals surface area contributed by atoms with Crippen LogP contribution in [-0.4, -0.2) is 51.3 Å². The zero-order valence-corrected chi connectivity index (χ0v) is 11.9. The van der Waals surface area contributed by atoms with Crippen LogP contribution in [0.3, 0.4) is 0 Å². The van der Waals surface area contributed by atoms with Gasteiger partial charge in [-0.3, -0.25) is 15.0 Å². The highest BCUT2D eigenvalue weighted by molar-refractivity contribution is 5.55. The summed E-state index contributed by atoms with van der Waals surface area (Å²) in [6.45, 7) is 1.29. The molecule has 8 nitrogen and oxygen atoms in total. The van der Waals surface area contributed by atoms with E-state index < -0.39 is 4.92 Å². The number of nitrogens with zero attached hydrogens (tertiary/aromatic N) is 3. The van der Waals surface area contributed by atoms with Gasteiger partial charge in [0.25, 0.3) is 5.69 Å². The van der Waals surface area contributed by atoms with E-state index in [1.165, 1.54) is 18.4 Å². The van der Waals surface area contributed by atoms with E-state index in [1.54, 1.807) is 12.1 Å². The fraction of sp³-hybridized carbons (Fsp3) is 0.357. The summed E-state index contributed by atoms with van der Waals surface area (Å²) in [4.78, 5) is 16.3. The van der Waals surface area contributed by atoms with Gasteiger partial charge in [-0.1, -0.05) is 0 Å². The molecule has 0 amide bonds. The monoisotopic (exact) mass is 307 g/mol. The summed E-state index contributed by atoms with van der Waals surface area (Å²) in [5.41, 5.74) is 1.32. The smallest absolute Gasteiger partial charge is 0.269 e. The molecular weight excluding hydrogens is 290 g/mol. The van der Waals surface area contributed by atoms with Crippen LogP contribution in [0.15, 0.2) is 34.9 Å². The molecule has 0 bridgehead atoms. The van der Waals surface area contributed by atoms with E-state index in [1.807, 2.05) is 4.90 Å². The first-order chi connectivity index (χ1) is 10.6. The predicted molar refractivity (Wildman–Crippen MR) is 78.0 cm³/mol. The molecule has 0 aliphatic heterocycles. The third-order valence-electron chi connectivity index (χ3n) is 3.09. The third kappa shape index (κ3) is 4.10. The lowest BCUT2D eigenvalue weighted by Gasteiger charge is -2.18. The summed E-state index contributed by atoms with van der Waals surface area (Å²) < 4.78 is 5.38. The van der Waals surface area contributed by atoms with Crippen LogP contribution in [-0.2, 0) is 6.54 Å². The van der Waals surface area contributed by atoms with Crippen LogP contribution in [0.1, 0.15) is 5.69 Å². The number of hydrogen-bond acceptors (Lipinski definition) is 7. The van der Waals surface area contributed by atoms with Crippen molar-refractivity contribution in [1.29, 1.82) is 0 Å². The van der Waals surface area contributed by atoms with Gasteiger partial charge >= 0.3 is 0 Å². The second-order valence-electron chi connectivity index (χ2n) is 4.67. The molecule has 118 valence electrons. The Kier molecular flexibility index (Phi) is 5.59. The number of aliphatic hydroxyl groups is 2. The van der Waals surface area contributed by atoms with Crippen LogP contribution in [0.4, 0.5) is 5.69 Å². The first-order valence-corrected chi connectivity index (χ1v) is 6.77. The Bertz CT molecular complexity index is 605. The van der Waals surface area contributed by atoms with Gasteiger partial charge in [0, 0.05) is 37.3 Å². The highest BCUT2D eigenvalue weighted by Gasteiger charge is 2.12. The highest BCUT2D eigenvalue weighted by atomic mass is 16.6. The molecule has 0 aliphatic rings. The number of hydrogen-bond donors (Lipinski definition) is 2. The molecule has 2 aromatic rings. The molecule has 8 heteroatoms. The number of nitro groups is 1. The first-order valence-electron chi connectivity index (χ1n) is 6.77. The van der Waals surface area contributed by atoms with Crippen LogP contribution in [0.2, 0.25) is 0 Å². The molecule has 0 unspecified atom stereocenters. The minimum Gasteiger partial charge on any atom is -0.444 e. The molecule has 0 aliphatic carbocycles. The van der Waals surface area contributed by atoms with E-state index in [9.17, 15) is 10.1 Å². The van der Waals surface area contributed by atoms with Crippen molar-refractivity contribution in [3.63, 3.8) is 0 Å². The van der Waals surface area contributed by atoms with Crippen molar-refractivity contribution in [2.24, 2.45) is 0 Å². The molecule has 2 rings (SSSR count). The Hall–Kier alpha value is -2.29. The van der Waals surface area contributed by atoms with E-state index in [-0.39, 0.29) is 18.9 Å². The number of non-ortho nitro benzene ring substituents is 1. The standard InChI is InChI=1S/C14H17N3O5/c18-7-5-16(6-8-19)9-12-10-22-14(15-12)11-1-3-13(4-2-11)17(20)21/h1-4,10,18-19H,5-9H2. The summed E-state index contributed by atoms with van der Waals surface area (Å²) in [6, 6.07) is 5.94. The molecule has 1 aromatic heterocycles. The van der Waals surface area contributed by atoms with Gasteiger partial charge in [-0.15, -0.1) is 0 Å². The number of aromatic nitrogens is 1. The van der Waals surface area contributed by atoms with Gasteiger partial charge in [0.15, 0.2) is 0 Å². The molecule has 0 fully saturated rings. The Labute approximate surface area is 126 Å². The van der Waals surface area contributed by atoms with Gasteiger partial charge < -0.3 is 14.6 Å². The quantitative estimate of drug-likeness (QED) is 0.553. The van der Waals surface area contributed by atoms with Crippen molar-refractivity contribution in [2.45, 2.75) is 6.54 Å². The van der Waals surface area contributed by atoms with E-state index in [4.69, 9.17) is 14.6 Å². The van der Waals surface area contributed by atoms with E-state index in [0.717, 1.165) is 0 Å². The summed E-state index contributed by atoms with van der Waals surface area (Å²) in [6.07, 6.45) is 1.50. The van der Waals surface area contributed by atoms with Crippen molar-refractivity contribution in [1.82, 2.24) is 9.88 Å². The first kappa shape index (κ1) is 16.1. The molecule has 0 spiro atoms. The lowest BCUT2D eigenvalue weighted by molar-refractivity contribution is -0.384. The van der Waals surface area contributed by atoms with E-state index in [2.05, 4.69) is 4.98 Å². The van der Waals surface area contributed by atoms with Gasteiger partial charge in [-0.25, -0.2) is 4.98 Å². The van der Waals surface area contributed by atoms with Gasteiger partial charge in [0.2, 0.25) is 5.89 Å². The largest absolute Gasteiger partial charge is 0.444 e. The van der Waals surface area contributed by atoms with Crippen molar-refractivity contribution in [3.05, 3.63) is 46.3 Å². The highest BCUT2D eigenvalue weighted by Crippen LogP contribution is 2.22. The molecule has 2 N–H and O–H groups in total. The van der Waals surface area contributed by atoms with Crippen LogP contribution in [0.5, 0.6) is 0 Å². The van der Waals surface area contributed by atoms with Crippen LogP contribution >= 0.6 is 0 Å². The van der Waals surface area contributed by atoms with Gasteiger partial charge in [-0.2, -0.15) is 0 Å². The molecule has 0 atom stereocenters. The van der Waals surface area contributed by atoms with Crippen LogP contribution in [0, 0.1) is 10.1 Å². The number of benzene rings is 1. The zero-order chi connectivity index (χ0) is 15.9. The third-order valence-corrected chi connectivity index (χ3v) is 3.09. The predicted octanol–water partition coefficient (Wildman–Crippen LogP) is 1.04. The normalized spacial score (nSPS) is 11.0. The van der Waals surface area contributed by atoms with Crippen molar-refractivity contribution in [3.8, 4) is 11.5 Å². The average molecular weight is 307 g/mol. The minimum atomic E-state index is -0.466. The summed E-state index contributed by atoms with van der Waals surface area (Å²) >= 11 is 0. The molecule has 22 heavy (non-hydrogen) atoms. The van der Waals surface area contributed by atoms with E-state index in [0.29, 0.717) is 36.8 Å². The number of aliphatic hydroxyl groups excluding tert-OH is 2. The second-order valence-corrected chi connectivity index (χ2v) is 4.67. The Morgan fingerprint density at radius 2 is 1.82 bits per heavy atom. The fourth-order valence-corrected chi connectivity index (χ4v) is 2.02. The molecule has 1 heterocycles. The minimum absolute atomic E-state index is 0.00688. The lowest BCUT2D eigenvalue weighted by Crippen LogP contribution is -2.29. The lowest BCUT2D eigenvalue weighted by atomic mass is 10.2. The summed E-state index contributed by atoms with van der Waals surface area (Å²) in [5, 5.41) is 28.6. The Morgan fingerprint density at radius 3 is 2.36 bits per heavy atom. The molecular formula is C14H17N3O5. The topological polar surface area (TPSA) is 113 Å². The maximum absolute atomic E-state index is 10.6. The number of rotatable bonds is 8. The maximum atomic E-state index is 10.6. The molecule has 0 saturated heterocycles. The Balaban J connectivity index is 2.08. The van der Waals surface area contributed by atoms with Crippen molar-refractivity contribution < 1.29 is 19.6 Å². The second kappa shape index (κ2) is 7.64. The van der Waals surface area contributed by atoms with Crippen LogP contribution in [0.25, 0.3) is 11.5 Å². The summed E-state index contributed by atoms with van der Waals surface area (Å²) in [5.74, 6) is 0.373. The number of oxazole rings is 1. The van der Waals surface area contributed by atoms with Crippen molar-refractivity contribution >= 4 is 5.69 Å². The molecule has 0 radical (unpaired) electrons. The average Bonchev–Trinajstić information content (AvgIpc) is 2.96. The SMILES string of the molecule is O=[N+]([O-])c1ccc(-c2nc(CN(CCO)CCO)co2)cc1. The van der Waals surface area contributed by atoms with E-state index >= 15 is 0 Å². The molecule has 0 saturated carbocycles. The van der Waals surface area contributed by atoms with Gasteiger partial charge in [-0.05, 0) is 12.1 Å². The zero-order valence-electron chi connectivity index (χ0n) is 11.9. The molecule has 1 aromatic carbocycles. The fourth-order valence-electron chi connectivity index (χ4n) is 2.02. The maximum Gasteiger partial charge on any atom is 0.269 e. The number of nitro benzene ring substituents is 1. The van der Waals surface area contributed by atoms with Gasteiger partial charge in [0.1, 0.15) is 6.26 Å². The summed E-state index contributed by atoms with van der Waals surface area (Å²) in [7, 11) is 0. The Morgan fingerprint density at radius 1 is 1.18 bits per heavy atom.